The molecule has 0 saturated heterocycles. The number of nitrogens with zero attached hydrogens (tertiary/aromatic N) is 2. The van der Waals surface area contributed by atoms with E-state index in [1.165, 1.54) is 43.3 Å². The Balaban J connectivity index is 2.24. The van der Waals surface area contributed by atoms with E-state index in [1.54, 1.807) is 6.07 Å². The first-order chi connectivity index (χ1) is 11.3. The van der Waals surface area contributed by atoms with Crippen molar-refractivity contribution in [3.63, 3.8) is 0 Å². The van der Waals surface area contributed by atoms with E-state index < -0.39 is 16.6 Å². The van der Waals surface area contributed by atoms with Gasteiger partial charge in [-0.25, -0.2) is 4.39 Å². The van der Waals surface area contributed by atoms with E-state index >= 15 is 0 Å². The molecule has 0 fully saturated rings. The van der Waals surface area contributed by atoms with Gasteiger partial charge < -0.3 is 9.64 Å². The van der Waals surface area contributed by atoms with Gasteiger partial charge in [-0.05, 0) is 29.8 Å². The fourth-order valence-electron chi connectivity index (χ4n) is 2.20. The molecule has 0 aliphatic carbocycles. The molecule has 1 amide bonds. The van der Waals surface area contributed by atoms with Crippen LogP contribution < -0.4 is 4.74 Å². The Bertz CT molecular complexity index is 798. The van der Waals surface area contributed by atoms with E-state index in [0.29, 0.717) is 5.56 Å². The first-order valence-corrected chi connectivity index (χ1v) is 7.23. The van der Waals surface area contributed by atoms with Crippen LogP contribution in [0.2, 0.25) is 5.02 Å². The molecular weight excluding hydrogens is 339 g/mol. The highest BCUT2D eigenvalue weighted by Crippen LogP contribution is 2.25. The second-order valence-electron chi connectivity index (χ2n) is 5.05. The first kappa shape index (κ1) is 17.7. The summed E-state index contributed by atoms with van der Waals surface area (Å²) in [6.45, 7) is 0.0829. The van der Waals surface area contributed by atoms with Gasteiger partial charge in [0, 0.05) is 24.7 Å². The van der Waals surface area contributed by atoms with Crippen molar-refractivity contribution in [2.75, 3.05) is 14.2 Å². The molecule has 0 heterocycles. The summed E-state index contributed by atoms with van der Waals surface area (Å²) in [5, 5.41) is 11.3. The van der Waals surface area contributed by atoms with Crippen LogP contribution in [0.5, 0.6) is 5.75 Å². The Hall–Kier alpha value is -2.67. The van der Waals surface area contributed by atoms with Gasteiger partial charge in [0.15, 0.2) is 11.6 Å². The summed E-state index contributed by atoms with van der Waals surface area (Å²) in [6, 6.07) is 8.14. The standard InChI is InChI=1S/C16H14ClFN2O4/c1-19(9-10-3-6-15(24-2)13(18)7-10)16(21)12-5-4-11(17)8-14(12)20(22)23/h3-8H,9H2,1-2H3. The van der Waals surface area contributed by atoms with Gasteiger partial charge in [0.2, 0.25) is 0 Å². The molecule has 126 valence electrons. The van der Waals surface area contributed by atoms with E-state index in [2.05, 4.69) is 0 Å². The van der Waals surface area contributed by atoms with E-state index in [4.69, 9.17) is 16.3 Å². The lowest BCUT2D eigenvalue weighted by molar-refractivity contribution is -0.385. The first-order valence-electron chi connectivity index (χ1n) is 6.85. The van der Waals surface area contributed by atoms with Crippen LogP contribution in [0.15, 0.2) is 36.4 Å². The molecule has 2 aromatic carbocycles. The average molecular weight is 353 g/mol. The maximum atomic E-state index is 13.7. The Kier molecular flexibility index (Phi) is 5.35. The number of methoxy groups -OCH3 is 1. The Morgan fingerprint density at radius 2 is 2.04 bits per heavy atom. The van der Waals surface area contributed by atoms with Crippen LogP contribution in [0, 0.1) is 15.9 Å². The topological polar surface area (TPSA) is 72.7 Å². The number of rotatable bonds is 5. The van der Waals surface area contributed by atoms with Crippen molar-refractivity contribution < 1.29 is 18.8 Å². The van der Waals surface area contributed by atoms with Gasteiger partial charge in [0.05, 0.1) is 12.0 Å². The molecule has 8 heteroatoms. The van der Waals surface area contributed by atoms with Gasteiger partial charge in [-0.2, -0.15) is 0 Å². The third-order valence-electron chi connectivity index (χ3n) is 3.37. The number of ether oxygens (including phenoxy) is 1. The van der Waals surface area contributed by atoms with Crippen LogP contribution in [-0.2, 0) is 6.54 Å². The zero-order valence-electron chi connectivity index (χ0n) is 13.0. The number of carbonyl (C=O) groups is 1. The highest BCUT2D eigenvalue weighted by molar-refractivity contribution is 6.31. The summed E-state index contributed by atoms with van der Waals surface area (Å²) in [4.78, 5) is 24.1. The largest absolute Gasteiger partial charge is 0.494 e. The second-order valence-corrected chi connectivity index (χ2v) is 5.49. The number of amides is 1. The minimum Gasteiger partial charge on any atom is -0.494 e. The zero-order valence-corrected chi connectivity index (χ0v) is 13.7. The van der Waals surface area contributed by atoms with Crippen LogP contribution in [0.1, 0.15) is 15.9 Å². The van der Waals surface area contributed by atoms with Crippen molar-refractivity contribution in [3.05, 3.63) is 68.5 Å². The molecule has 2 aromatic rings. The Morgan fingerprint density at radius 3 is 2.62 bits per heavy atom. The molecular formula is C16H14ClFN2O4. The van der Waals surface area contributed by atoms with Crippen molar-refractivity contribution in [2.24, 2.45) is 0 Å². The zero-order chi connectivity index (χ0) is 17.9. The van der Waals surface area contributed by atoms with E-state index in [0.717, 1.165) is 6.07 Å². The smallest absolute Gasteiger partial charge is 0.283 e. The van der Waals surface area contributed by atoms with Crippen LogP contribution in [0.3, 0.4) is 0 Å². The highest BCUT2D eigenvalue weighted by Gasteiger charge is 2.23. The normalized spacial score (nSPS) is 10.3. The van der Waals surface area contributed by atoms with Crippen LogP contribution >= 0.6 is 11.6 Å². The van der Waals surface area contributed by atoms with Gasteiger partial charge in [0.1, 0.15) is 5.56 Å². The molecule has 0 aromatic heterocycles. The number of halogens is 2. The predicted molar refractivity (Wildman–Crippen MR) is 86.9 cm³/mol. The SMILES string of the molecule is COc1ccc(CN(C)C(=O)c2ccc(Cl)cc2[N+](=O)[O-])cc1F. The number of nitro groups is 1. The van der Waals surface area contributed by atoms with Crippen molar-refractivity contribution in [1.82, 2.24) is 4.90 Å². The maximum Gasteiger partial charge on any atom is 0.283 e. The number of hydrogen-bond acceptors (Lipinski definition) is 4. The third-order valence-corrected chi connectivity index (χ3v) is 3.60. The molecule has 0 spiro atoms. The number of nitro benzene ring substituents is 1. The predicted octanol–water partition coefficient (Wildman–Crippen LogP) is 3.67. The molecule has 0 N–H and O–H groups in total. The minimum absolute atomic E-state index is 0.0825. The van der Waals surface area contributed by atoms with Gasteiger partial charge in [-0.1, -0.05) is 17.7 Å². The molecule has 0 unspecified atom stereocenters. The van der Waals surface area contributed by atoms with Gasteiger partial charge in [-0.15, -0.1) is 0 Å². The summed E-state index contributed by atoms with van der Waals surface area (Å²) in [5.41, 5.74) is 0.0712. The fraction of sp³-hybridized carbons (Fsp3) is 0.188. The molecule has 0 radical (unpaired) electrons. The lowest BCUT2D eigenvalue weighted by Gasteiger charge is -2.18. The third kappa shape index (κ3) is 3.80. The monoisotopic (exact) mass is 352 g/mol. The average Bonchev–Trinajstić information content (AvgIpc) is 2.54. The minimum atomic E-state index is -0.667. The summed E-state index contributed by atoms with van der Waals surface area (Å²) in [5.74, 6) is -1.01. The van der Waals surface area contributed by atoms with E-state index in [9.17, 15) is 19.3 Å². The summed E-state index contributed by atoms with van der Waals surface area (Å²) < 4.78 is 18.5. The maximum absolute atomic E-state index is 13.7. The lowest BCUT2D eigenvalue weighted by Crippen LogP contribution is -2.27. The quantitative estimate of drug-likeness (QED) is 0.608. The van der Waals surface area contributed by atoms with Crippen LogP contribution in [0.4, 0.5) is 10.1 Å². The van der Waals surface area contributed by atoms with Crippen LogP contribution in [0.25, 0.3) is 0 Å². The Labute approximate surface area is 142 Å². The highest BCUT2D eigenvalue weighted by atomic mass is 35.5. The molecule has 6 nitrogen and oxygen atoms in total. The molecule has 0 aliphatic rings. The molecule has 0 bridgehead atoms. The number of benzene rings is 2. The van der Waals surface area contributed by atoms with Crippen LogP contribution in [-0.4, -0.2) is 29.9 Å². The number of hydrogen-bond donors (Lipinski definition) is 0. The van der Waals surface area contributed by atoms with Gasteiger partial charge >= 0.3 is 0 Å². The Morgan fingerprint density at radius 1 is 1.33 bits per heavy atom. The molecule has 0 aliphatic heterocycles. The van der Waals surface area contributed by atoms with Crippen molar-refractivity contribution in [1.29, 1.82) is 0 Å². The van der Waals surface area contributed by atoms with Crippen molar-refractivity contribution >= 4 is 23.2 Å². The van der Waals surface area contributed by atoms with Crippen molar-refractivity contribution in [3.8, 4) is 5.75 Å². The molecule has 2 rings (SSSR count). The summed E-state index contributed by atoms with van der Waals surface area (Å²) in [6.07, 6.45) is 0. The number of carbonyl (C=O) groups excluding carboxylic acids is 1. The lowest BCUT2D eigenvalue weighted by atomic mass is 10.1. The van der Waals surface area contributed by atoms with E-state index in [1.807, 2.05) is 0 Å². The molecule has 0 saturated carbocycles. The molecule has 0 atom stereocenters. The molecule has 24 heavy (non-hydrogen) atoms. The fourth-order valence-corrected chi connectivity index (χ4v) is 2.36. The van der Waals surface area contributed by atoms with E-state index in [-0.39, 0.29) is 28.6 Å². The van der Waals surface area contributed by atoms with Gasteiger partial charge in [0.25, 0.3) is 11.6 Å². The second kappa shape index (κ2) is 7.27. The summed E-state index contributed by atoms with van der Waals surface area (Å²) in [7, 11) is 2.83. The summed E-state index contributed by atoms with van der Waals surface area (Å²) >= 11 is 5.74. The van der Waals surface area contributed by atoms with Gasteiger partial charge in [-0.3, -0.25) is 14.9 Å². The van der Waals surface area contributed by atoms with Crippen molar-refractivity contribution in [2.45, 2.75) is 6.54 Å².